The zero-order valence-electron chi connectivity index (χ0n) is 9.50. The molecule has 1 aromatic heterocycles. The lowest BCUT2D eigenvalue weighted by Crippen LogP contribution is -2.45. The molecule has 0 spiro atoms. The van der Waals surface area contributed by atoms with E-state index in [9.17, 15) is 4.39 Å². The van der Waals surface area contributed by atoms with E-state index in [2.05, 4.69) is 15.2 Å². The monoisotopic (exact) mass is 255 g/mol. The van der Waals surface area contributed by atoms with Crippen LogP contribution in [0, 0.1) is 11.7 Å². The van der Waals surface area contributed by atoms with Gasteiger partial charge >= 0.3 is 0 Å². The van der Waals surface area contributed by atoms with Crippen LogP contribution in [0.3, 0.4) is 0 Å². The number of hydrogen-bond acceptors (Lipinski definition) is 3. The van der Waals surface area contributed by atoms with Crippen LogP contribution in [0.2, 0.25) is 5.15 Å². The van der Waals surface area contributed by atoms with Crippen molar-refractivity contribution in [1.29, 1.82) is 0 Å². The fraction of sp³-hybridized carbons (Fsp3) is 0.583. The zero-order valence-corrected chi connectivity index (χ0v) is 10.3. The number of halogens is 2. The maximum absolute atomic E-state index is 13.4. The van der Waals surface area contributed by atoms with Crippen molar-refractivity contribution in [3.05, 3.63) is 23.2 Å². The van der Waals surface area contributed by atoms with Crippen LogP contribution in [0.25, 0.3) is 0 Å². The van der Waals surface area contributed by atoms with Crippen LogP contribution in [0.1, 0.15) is 12.8 Å². The maximum Gasteiger partial charge on any atom is 0.164 e. The molecular formula is C12H15ClFN3. The zero-order chi connectivity index (χ0) is 11.8. The first-order valence-electron chi connectivity index (χ1n) is 6.04. The van der Waals surface area contributed by atoms with Gasteiger partial charge in [-0.05, 0) is 18.8 Å². The molecule has 3 heterocycles. The first kappa shape index (κ1) is 11.2. The molecule has 1 N–H and O–H groups in total. The number of nitrogens with zero attached hydrogens (tertiary/aromatic N) is 2. The van der Waals surface area contributed by atoms with Gasteiger partial charge in [-0.2, -0.15) is 0 Å². The average Bonchev–Trinajstić information content (AvgIpc) is 2.80. The Balaban J connectivity index is 1.89. The Bertz CT molecular complexity index is 426. The largest absolute Gasteiger partial charge is 0.366 e. The molecule has 0 bridgehead atoms. The molecule has 2 fully saturated rings. The van der Waals surface area contributed by atoms with Crippen LogP contribution in [0.15, 0.2) is 12.3 Å². The van der Waals surface area contributed by atoms with Crippen LogP contribution < -0.4 is 10.2 Å². The van der Waals surface area contributed by atoms with E-state index < -0.39 is 5.82 Å². The lowest BCUT2D eigenvalue weighted by Gasteiger charge is -2.38. The summed E-state index contributed by atoms with van der Waals surface area (Å²) in [4.78, 5) is 6.16. The fourth-order valence-electron chi connectivity index (χ4n) is 2.96. The molecule has 2 saturated heterocycles. The minimum absolute atomic E-state index is 0.0492. The molecule has 2 atom stereocenters. The summed E-state index contributed by atoms with van der Waals surface area (Å²) in [5.41, 5.74) is 0.852. The van der Waals surface area contributed by atoms with Gasteiger partial charge in [0.15, 0.2) is 11.0 Å². The van der Waals surface area contributed by atoms with E-state index in [1.54, 1.807) is 6.20 Å². The third-order valence-electron chi connectivity index (χ3n) is 3.79. The highest BCUT2D eigenvalue weighted by Crippen LogP contribution is 2.31. The van der Waals surface area contributed by atoms with Crippen molar-refractivity contribution in [2.75, 3.05) is 24.5 Å². The summed E-state index contributed by atoms with van der Waals surface area (Å²) in [6.45, 7) is 3.03. The Morgan fingerprint density at radius 3 is 3.18 bits per heavy atom. The van der Waals surface area contributed by atoms with Crippen molar-refractivity contribution in [3.63, 3.8) is 0 Å². The summed E-state index contributed by atoms with van der Waals surface area (Å²) in [5.74, 6) is 0.250. The Morgan fingerprint density at radius 2 is 2.35 bits per heavy atom. The molecular weight excluding hydrogens is 241 g/mol. The van der Waals surface area contributed by atoms with Crippen molar-refractivity contribution in [3.8, 4) is 0 Å². The number of hydrogen-bond donors (Lipinski definition) is 1. The van der Waals surface area contributed by atoms with Crippen molar-refractivity contribution >= 4 is 17.3 Å². The van der Waals surface area contributed by atoms with Gasteiger partial charge in [0.25, 0.3) is 0 Å². The van der Waals surface area contributed by atoms with Crippen molar-refractivity contribution < 1.29 is 4.39 Å². The molecule has 2 aliphatic rings. The number of piperidine rings is 1. The fourth-order valence-corrected chi connectivity index (χ4v) is 3.06. The third kappa shape index (κ3) is 2.00. The number of pyridine rings is 1. The van der Waals surface area contributed by atoms with E-state index in [4.69, 9.17) is 11.6 Å². The molecule has 5 heteroatoms. The van der Waals surface area contributed by atoms with E-state index >= 15 is 0 Å². The molecule has 0 aromatic carbocycles. The van der Waals surface area contributed by atoms with Crippen LogP contribution in [0.5, 0.6) is 0 Å². The summed E-state index contributed by atoms with van der Waals surface area (Å²) in [6.07, 6.45) is 4.09. The van der Waals surface area contributed by atoms with E-state index in [1.165, 1.54) is 12.5 Å². The Kier molecular flexibility index (Phi) is 2.92. The highest BCUT2D eigenvalue weighted by atomic mass is 35.5. The lowest BCUT2D eigenvalue weighted by atomic mass is 9.92. The summed E-state index contributed by atoms with van der Waals surface area (Å²) in [7, 11) is 0. The number of rotatable bonds is 1. The summed E-state index contributed by atoms with van der Waals surface area (Å²) in [6, 6.07) is 1.97. The first-order chi connectivity index (χ1) is 8.25. The SMILES string of the molecule is Fc1cc(N2CCC[C@@H]3CNC[C@@H]32)cnc1Cl. The van der Waals surface area contributed by atoms with E-state index in [-0.39, 0.29) is 5.15 Å². The number of fused-ring (bicyclic) bond motifs is 1. The van der Waals surface area contributed by atoms with Gasteiger partial charge in [0.2, 0.25) is 0 Å². The predicted octanol–water partition coefficient (Wildman–Crippen LogP) is 2.06. The van der Waals surface area contributed by atoms with Gasteiger partial charge in [-0.1, -0.05) is 11.6 Å². The van der Waals surface area contributed by atoms with Gasteiger partial charge in [-0.15, -0.1) is 0 Å². The van der Waals surface area contributed by atoms with Gasteiger partial charge in [0, 0.05) is 31.7 Å². The molecule has 17 heavy (non-hydrogen) atoms. The molecule has 0 radical (unpaired) electrons. The summed E-state index contributed by atoms with van der Waals surface area (Å²) >= 11 is 5.61. The Morgan fingerprint density at radius 1 is 1.47 bits per heavy atom. The lowest BCUT2D eigenvalue weighted by molar-refractivity contribution is 0.384. The van der Waals surface area contributed by atoms with Crippen molar-refractivity contribution in [1.82, 2.24) is 10.3 Å². The van der Waals surface area contributed by atoms with Gasteiger partial charge in [-0.3, -0.25) is 0 Å². The van der Waals surface area contributed by atoms with E-state index in [0.29, 0.717) is 12.0 Å². The molecule has 3 nitrogen and oxygen atoms in total. The third-order valence-corrected chi connectivity index (χ3v) is 4.07. The smallest absolute Gasteiger partial charge is 0.164 e. The number of anilines is 1. The second-order valence-electron chi connectivity index (χ2n) is 4.79. The van der Waals surface area contributed by atoms with Gasteiger partial charge in [-0.25, -0.2) is 9.37 Å². The van der Waals surface area contributed by atoms with Gasteiger partial charge < -0.3 is 10.2 Å². The highest BCUT2D eigenvalue weighted by Gasteiger charge is 2.35. The van der Waals surface area contributed by atoms with E-state index in [0.717, 1.165) is 31.7 Å². The molecule has 0 aliphatic carbocycles. The standard InChI is InChI=1S/C12H15ClFN3/c13-12-10(14)4-9(6-16-12)17-3-1-2-8-5-15-7-11(8)17/h4,6,8,11,15H,1-3,5,7H2/t8-,11+/m1/s1. The first-order valence-corrected chi connectivity index (χ1v) is 6.42. The molecule has 0 amide bonds. The van der Waals surface area contributed by atoms with Crippen molar-refractivity contribution in [2.45, 2.75) is 18.9 Å². The molecule has 0 saturated carbocycles. The van der Waals surface area contributed by atoms with Gasteiger partial charge in [0.1, 0.15) is 0 Å². The minimum Gasteiger partial charge on any atom is -0.366 e. The molecule has 0 unspecified atom stereocenters. The van der Waals surface area contributed by atoms with Crippen LogP contribution >= 0.6 is 11.6 Å². The summed E-state index contributed by atoms with van der Waals surface area (Å²) < 4.78 is 13.4. The van der Waals surface area contributed by atoms with E-state index in [1.807, 2.05) is 0 Å². The Hall–Kier alpha value is -0.870. The molecule has 3 rings (SSSR count). The van der Waals surface area contributed by atoms with Crippen molar-refractivity contribution in [2.24, 2.45) is 5.92 Å². The second-order valence-corrected chi connectivity index (χ2v) is 5.15. The summed E-state index contributed by atoms with van der Waals surface area (Å²) in [5, 5.41) is 3.36. The van der Waals surface area contributed by atoms with Crippen LogP contribution in [-0.4, -0.2) is 30.7 Å². The van der Waals surface area contributed by atoms with Crippen LogP contribution in [0.4, 0.5) is 10.1 Å². The Labute approximate surface area is 105 Å². The van der Waals surface area contributed by atoms with Gasteiger partial charge in [0.05, 0.1) is 11.9 Å². The quantitative estimate of drug-likeness (QED) is 0.779. The molecule has 92 valence electrons. The minimum atomic E-state index is -0.433. The van der Waals surface area contributed by atoms with Crippen LogP contribution in [-0.2, 0) is 0 Å². The highest BCUT2D eigenvalue weighted by molar-refractivity contribution is 6.29. The number of nitrogens with one attached hydrogen (secondary N) is 1. The predicted molar refractivity (Wildman–Crippen MR) is 65.9 cm³/mol. The molecule has 1 aromatic rings. The molecule has 2 aliphatic heterocycles. The second kappa shape index (κ2) is 4.42. The number of aromatic nitrogens is 1. The maximum atomic E-state index is 13.4. The average molecular weight is 256 g/mol. The topological polar surface area (TPSA) is 28.2 Å². The normalized spacial score (nSPS) is 28.2.